The van der Waals surface area contributed by atoms with E-state index in [1.165, 1.54) is 7.11 Å². The molecule has 218 valence electrons. The van der Waals surface area contributed by atoms with Crippen molar-refractivity contribution in [1.29, 1.82) is 0 Å². The van der Waals surface area contributed by atoms with Gasteiger partial charge in [-0.15, -0.1) is 0 Å². The minimum atomic E-state index is -0.336. The van der Waals surface area contributed by atoms with Crippen LogP contribution in [0.25, 0.3) is 11.1 Å². The molecule has 3 aromatic carbocycles. The first-order valence-electron chi connectivity index (χ1n) is 14.1. The molecule has 8 heteroatoms. The first-order valence-corrected chi connectivity index (χ1v) is 14.9. The van der Waals surface area contributed by atoms with Crippen LogP contribution in [-0.2, 0) is 16.0 Å². The summed E-state index contributed by atoms with van der Waals surface area (Å²) in [4.78, 5) is 27.9. The van der Waals surface area contributed by atoms with Gasteiger partial charge in [-0.3, -0.25) is 9.69 Å². The lowest BCUT2D eigenvalue weighted by molar-refractivity contribution is -0.123. The number of allylic oxidation sites excluding steroid dienone is 1. The molecular weight excluding hydrogens is 569 g/mol. The van der Waals surface area contributed by atoms with Gasteiger partial charge in [0.2, 0.25) is 5.91 Å². The molecule has 0 radical (unpaired) electrons. The summed E-state index contributed by atoms with van der Waals surface area (Å²) in [5.74, 6) is -0.335. The fourth-order valence-corrected chi connectivity index (χ4v) is 6.12. The van der Waals surface area contributed by atoms with E-state index in [2.05, 4.69) is 34.5 Å². The SMILES string of the molecule is COC(=O)c1ccc2c(c1)CCCC(c1ccc(Cl)cc1Cl)=C2c1ccc(NC2CN(C/C=C/C(=O)N(C)C)C2)cc1. The molecule has 0 bridgehead atoms. The van der Waals surface area contributed by atoms with E-state index in [0.717, 1.165) is 78.0 Å². The maximum Gasteiger partial charge on any atom is 0.337 e. The zero-order valence-electron chi connectivity index (χ0n) is 24.1. The normalized spacial score (nSPS) is 15.6. The number of amides is 1. The lowest BCUT2D eigenvalue weighted by Gasteiger charge is -2.39. The van der Waals surface area contributed by atoms with Crippen LogP contribution in [0.4, 0.5) is 5.69 Å². The molecule has 1 fully saturated rings. The monoisotopic (exact) mass is 603 g/mol. The number of hydrogen-bond donors (Lipinski definition) is 1. The molecule has 1 aliphatic heterocycles. The number of likely N-dealkylation sites (N-methyl/N-ethyl adjacent to an activating group) is 1. The summed E-state index contributed by atoms with van der Waals surface area (Å²) < 4.78 is 4.98. The number of rotatable bonds is 8. The van der Waals surface area contributed by atoms with Gasteiger partial charge in [-0.25, -0.2) is 4.79 Å². The number of carbonyl (C=O) groups excluding carboxylic acids is 2. The van der Waals surface area contributed by atoms with Crippen molar-refractivity contribution >= 4 is 51.9 Å². The summed E-state index contributed by atoms with van der Waals surface area (Å²) in [7, 11) is 4.91. The third-order valence-electron chi connectivity index (χ3n) is 7.79. The molecule has 1 aliphatic carbocycles. The molecule has 42 heavy (non-hydrogen) atoms. The second-order valence-corrected chi connectivity index (χ2v) is 11.8. The Hall–Kier alpha value is -3.58. The van der Waals surface area contributed by atoms with E-state index < -0.39 is 0 Å². The molecule has 1 saturated heterocycles. The number of carbonyl (C=O) groups is 2. The molecule has 1 heterocycles. The minimum Gasteiger partial charge on any atom is -0.465 e. The van der Waals surface area contributed by atoms with Gasteiger partial charge in [-0.05, 0) is 89.1 Å². The van der Waals surface area contributed by atoms with Gasteiger partial charge >= 0.3 is 5.97 Å². The Kier molecular flexibility index (Phi) is 9.37. The maximum absolute atomic E-state index is 12.3. The molecule has 0 spiro atoms. The Labute approximate surface area is 257 Å². The third kappa shape index (κ3) is 6.73. The predicted octanol–water partition coefficient (Wildman–Crippen LogP) is 6.82. The van der Waals surface area contributed by atoms with E-state index in [9.17, 15) is 9.59 Å². The van der Waals surface area contributed by atoms with Crippen LogP contribution >= 0.6 is 23.2 Å². The van der Waals surface area contributed by atoms with Crippen LogP contribution in [-0.4, -0.2) is 68.6 Å². The molecule has 0 unspecified atom stereocenters. The fourth-order valence-electron chi connectivity index (χ4n) is 5.60. The summed E-state index contributed by atoms with van der Waals surface area (Å²) in [5.41, 5.74) is 8.16. The van der Waals surface area contributed by atoms with E-state index in [4.69, 9.17) is 27.9 Å². The largest absolute Gasteiger partial charge is 0.465 e. The number of fused-ring (bicyclic) bond motifs is 1. The van der Waals surface area contributed by atoms with Crippen molar-refractivity contribution in [3.8, 4) is 0 Å². The molecule has 0 atom stereocenters. The Bertz CT molecular complexity index is 1540. The van der Waals surface area contributed by atoms with E-state index in [1.54, 1.807) is 31.1 Å². The number of ether oxygens (including phenoxy) is 1. The number of anilines is 1. The Morgan fingerprint density at radius 1 is 1.00 bits per heavy atom. The summed E-state index contributed by atoms with van der Waals surface area (Å²) in [6.07, 6.45) is 6.15. The Balaban J connectivity index is 1.40. The van der Waals surface area contributed by atoms with Crippen LogP contribution in [0.3, 0.4) is 0 Å². The molecule has 6 nitrogen and oxygen atoms in total. The first kappa shape index (κ1) is 29.9. The number of likely N-dealkylation sites (tertiary alicyclic amines) is 1. The van der Waals surface area contributed by atoms with Gasteiger partial charge in [0.25, 0.3) is 0 Å². The number of benzene rings is 3. The molecular formula is C34H35Cl2N3O3. The number of esters is 1. The van der Waals surface area contributed by atoms with Gasteiger partial charge in [0, 0.05) is 55.5 Å². The Morgan fingerprint density at radius 3 is 2.43 bits per heavy atom. The van der Waals surface area contributed by atoms with Crippen LogP contribution in [0.15, 0.2) is 72.8 Å². The van der Waals surface area contributed by atoms with E-state index >= 15 is 0 Å². The highest BCUT2D eigenvalue weighted by Gasteiger charge is 2.26. The highest BCUT2D eigenvalue weighted by Crippen LogP contribution is 2.42. The second kappa shape index (κ2) is 13.2. The number of nitrogens with zero attached hydrogens (tertiary/aromatic N) is 2. The van der Waals surface area contributed by atoms with Crippen molar-refractivity contribution in [2.45, 2.75) is 25.3 Å². The zero-order valence-corrected chi connectivity index (χ0v) is 25.6. The second-order valence-electron chi connectivity index (χ2n) is 11.0. The van der Waals surface area contributed by atoms with Gasteiger partial charge in [0.05, 0.1) is 18.7 Å². The van der Waals surface area contributed by atoms with E-state index in [-0.39, 0.29) is 11.9 Å². The van der Waals surface area contributed by atoms with Crippen molar-refractivity contribution in [2.75, 3.05) is 46.2 Å². The zero-order chi connectivity index (χ0) is 29.8. The highest BCUT2D eigenvalue weighted by atomic mass is 35.5. The average molecular weight is 605 g/mol. The summed E-state index contributed by atoms with van der Waals surface area (Å²) in [5, 5.41) is 4.85. The first-order chi connectivity index (χ1) is 20.2. The van der Waals surface area contributed by atoms with Crippen LogP contribution < -0.4 is 5.32 Å². The van der Waals surface area contributed by atoms with Crippen molar-refractivity contribution in [1.82, 2.24) is 9.80 Å². The average Bonchev–Trinajstić information content (AvgIpc) is 3.14. The van der Waals surface area contributed by atoms with Crippen molar-refractivity contribution in [3.63, 3.8) is 0 Å². The maximum atomic E-state index is 12.3. The lowest BCUT2D eigenvalue weighted by atomic mass is 9.87. The molecule has 5 rings (SSSR count). The van der Waals surface area contributed by atoms with Crippen molar-refractivity contribution in [3.05, 3.63) is 111 Å². The number of hydrogen-bond acceptors (Lipinski definition) is 5. The molecule has 2 aliphatic rings. The predicted molar refractivity (Wildman–Crippen MR) is 171 cm³/mol. The smallest absolute Gasteiger partial charge is 0.337 e. The van der Waals surface area contributed by atoms with Gasteiger partial charge in [-0.2, -0.15) is 0 Å². The lowest BCUT2D eigenvalue weighted by Crippen LogP contribution is -2.54. The highest BCUT2D eigenvalue weighted by molar-refractivity contribution is 6.36. The quantitative estimate of drug-likeness (QED) is 0.226. The van der Waals surface area contributed by atoms with Crippen LogP contribution in [0, 0.1) is 0 Å². The summed E-state index contributed by atoms with van der Waals surface area (Å²) in [6.45, 7) is 2.60. The molecule has 3 aromatic rings. The van der Waals surface area contributed by atoms with Gasteiger partial charge in [0.1, 0.15) is 0 Å². The van der Waals surface area contributed by atoms with E-state index in [1.807, 2.05) is 36.4 Å². The molecule has 1 amide bonds. The Morgan fingerprint density at radius 2 is 1.74 bits per heavy atom. The van der Waals surface area contributed by atoms with Crippen molar-refractivity contribution < 1.29 is 14.3 Å². The van der Waals surface area contributed by atoms with Crippen LogP contribution in [0.5, 0.6) is 0 Å². The molecule has 1 N–H and O–H groups in total. The van der Waals surface area contributed by atoms with E-state index in [0.29, 0.717) is 21.7 Å². The van der Waals surface area contributed by atoms with Gasteiger partial charge in [0.15, 0.2) is 0 Å². The topological polar surface area (TPSA) is 61.9 Å². The molecule has 0 saturated carbocycles. The number of aryl methyl sites for hydroxylation is 1. The van der Waals surface area contributed by atoms with Crippen molar-refractivity contribution in [2.24, 2.45) is 0 Å². The third-order valence-corrected chi connectivity index (χ3v) is 8.34. The minimum absolute atomic E-state index is 0.00194. The summed E-state index contributed by atoms with van der Waals surface area (Å²) in [6, 6.07) is 20.4. The standard InChI is InChI=1S/C34H35Cl2N3O3/c1-38(2)32(40)8-5-17-39-20-27(21-39)37-26-13-9-22(10-14-26)33-28-15-11-24(34(41)42-3)18-23(28)6-4-7-30(33)29-16-12-25(35)19-31(29)36/h5,8-16,18-19,27,37H,4,6-7,17,20-21H2,1-3H3/b8-5+. The van der Waals surface area contributed by atoms with Gasteiger partial charge < -0.3 is 15.0 Å². The number of halogens is 2. The van der Waals surface area contributed by atoms with Gasteiger partial charge in [-0.1, -0.05) is 53.5 Å². The number of methoxy groups -OCH3 is 1. The fraction of sp³-hybridized carbons (Fsp3) is 0.294. The van der Waals surface area contributed by atoms with Crippen LogP contribution in [0.1, 0.15) is 45.5 Å². The van der Waals surface area contributed by atoms with Crippen LogP contribution in [0.2, 0.25) is 10.0 Å². The molecule has 0 aromatic heterocycles. The number of nitrogens with one attached hydrogen (secondary N) is 1. The summed E-state index contributed by atoms with van der Waals surface area (Å²) >= 11 is 13.0.